The van der Waals surface area contributed by atoms with E-state index >= 15 is 0 Å². The Morgan fingerprint density at radius 1 is 1.28 bits per heavy atom. The van der Waals surface area contributed by atoms with Gasteiger partial charge in [0.2, 0.25) is 11.9 Å². The van der Waals surface area contributed by atoms with Gasteiger partial charge in [-0.05, 0) is 42.8 Å². The SMILES string of the molecule is CC(C)C(=O)Nc1nc2c(ncn2[C@@H]2O[C@H](CO)[C@@H](O[Si](C)(C)C(C)(C)C)[C@H]2O[P@@](=S)(OCCC#N)OC[C@H]2C[C@@H](Nc3ncncc3F)C[C@@H]2O[PH](=O)O)c(=O)[nH]1. The Balaban J connectivity index is 1.52. The molecule has 3 aromatic rings. The lowest BCUT2D eigenvalue weighted by atomic mass is 10.1. The average Bonchev–Trinajstić information content (AvgIpc) is 3.82. The predicted octanol–water partition coefficient (Wildman–Crippen LogP) is 4.14. The summed E-state index contributed by atoms with van der Waals surface area (Å²) in [6.07, 6.45) is -1.41. The van der Waals surface area contributed by atoms with Crippen molar-refractivity contribution in [1.82, 2.24) is 29.5 Å². The number of fused-ring (bicyclic) bond motifs is 1. The van der Waals surface area contributed by atoms with E-state index in [0.717, 1.165) is 6.20 Å². The molecule has 5 N–H and O–H groups in total. The molecular formula is C33H50FN9O11P2SSi. The minimum Gasteiger partial charge on any atom is -0.408 e. The summed E-state index contributed by atoms with van der Waals surface area (Å²) in [7, 11) is -6.09. The number of carbonyl (C=O) groups excluding carboxylic acids is 1. The van der Waals surface area contributed by atoms with Crippen LogP contribution in [0.3, 0.4) is 0 Å². The van der Waals surface area contributed by atoms with Gasteiger partial charge in [-0.2, -0.15) is 10.2 Å². The molecule has 1 amide bonds. The number of H-pyrrole nitrogens is 1. The minimum absolute atomic E-state index is 0.00882. The van der Waals surface area contributed by atoms with E-state index < -0.39 is 95.7 Å². The molecule has 0 radical (unpaired) electrons. The van der Waals surface area contributed by atoms with Crippen molar-refractivity contribution in [3.8, 4) is 6.07 Å². The lowest BCUT2D eigenvalue weighted by Crippen LogP contribution is -2.50. The standard InChI is InChI=1S/C33H50FN9O11P2SSi/c1-18(2)29(45)41-32-40-28-24(30(46)42-32)38-17-43(28)31-26(25(23(14-44)51-31)54-58(6,7)33(3,4)5)53-56(57,49-10-8-9-35)50-15-19-11-20(12-22(19)52-55(47)48)39-27-21(34)13-36-16-37-27/h13,16-20,22-23,25-26,31,44,55H,8,10-12,14-15H2,1-7H3,(H,47,48)(H,36,37,39)(H2,40,41,42,45,46)/t19-,20-,22+,23-,25-,26-,31-,56-/m1/s1. The van der Waals surface area contributed by atoms with Gasteiger partial charge in [0, 0.05) is 17.9 Å². The summed E-state index contributed by atoms with van der Waals surface area (Å²) < 4.78 is 65.4. The van der Waals surface area contributed by atoms with Crippen molar-refractivity contribution in [2.24, 2.45) is 11.8 Å². The molecule has 20 nitrogen and oxygen atoms in total. The van der Waals surface area contributed by atoms with E-state index in [2.05, 4.69) is 35.6 Å². The summed E-state index contributed by atoms with van der Waals surface area (Å²) in [5.41, 5.74) is -0.719. The lowest BCUT2D eigenvalue weighted by molar-refractivity contribution is -0.118. The Bertz CT molecular complexity index is 2100. The Kier molecular flexibility index (Phi) is 15.1. The maximum Gasteiger partial charge on any atom is 0.327 e. The number of imidazole rings is 1. The third kappa shape index (κ3) is 11.0. The highest BCUT2D eigenvalue weighted by Gasteiger charge is 2.54. The molecule has 5 rings (SSSR count). The normalized spacial score (nSPS) is 25.4. The van der Waals surface area contributed by atoms with Crippen LogP contribution in [0, 0.1) is 29.0 Å². The monoisotopic (exact) mass is 889 g/mol. The molecule has 1 saturated heterocycles. The number of nitrogens with one attached hydrogen (secondary N) is 3. The van der Waals surface area contributed by atoms with Crippen LogP contribution in [-0.2, 0) is 48.4 Å². The van der Waals surface area contributed by atoms with Gasteiger partial charge >= 0.3 is 15.0 Å². The van der Waals surface area contributed by atoms with Gasteiger partial charge < -0.3 is 38.1 Å². The maximum atomic E-state index is 14.4. The quantitative estimate of drug-likeness (QED) is 0.0682. The number of anilines is 2. The molecule has 0 bridgehead atoms. The van der Waals surface area contributed by atoms with Crippen LogP contribution < -0.4 is 16.2 Å². The number of nitriles is 1. The summed E-state index contributed by atoms with van der Waals surface area (Å²) in [5, 5.41) is 25.3. The van der Waals surface area contributed by atoms with E-state index in [4.69, 9.17) is 39.1 Å². The molecule has 1 unspecified atom stereocenters. The molecule has 320 valence electrons. The number of aliphatic hydroxyl groups is 1. The molecule has 4 heterocycles. The number of hydrogen-bond acceptors (Lipinski definition) is 17. The van der Waals surface area contributed by atoms with Crippen molar-refractivity contribution in [2.75, 3.05) is 30.5 Å². The number of nitrogens with zero attached hydrogens (tertiary/aromatic N) is 6. The zero-order chi connectivity index (χ0) is 42.6. The van der Waals surface area contributed by atoms with Crippen molar-refractivity contribution in [1.29, 1.82) is 5.26 Å². The Morgan fingerprint density at radius 3 is 2.66 bits per heavy atom. The average molecular weight is 890 g/mol. The van der Waals surface area contributed by atoms with Gasteiger partial charge in [-0.1, -0.05) is 34.6 Å². The number of aliphatic hydroxyl groups excluding tert-OH is 1. The Hall–Kier alpha value is -3.10. The molecule has 2 fully saturated rings. The number of amides is 1. The first kappa shape index (κ1) is 46.0. The van der Waals surface area contributed by atoms with Crippen LogP contribution in [0.2, 0.25) is 18.1 Å². The highest BCUT2D eigenvalue weighted by molar-refractivity contribution is 8.07. The number of ether oxygens (including phenoxy) is 1. The van der Waals surface area contributed by atoms with Gasteiger partial charge in [0.15, 0.2) is 37.3 Å². The minimum atomic E-state index is -3.95. The summed E-state index contributed by atoms with van der Waals surface area (Å²) in [6, 6.07) is 1.54. The summed E-state index contributed by atoms with van der Waals surface area (Å²) >= 11 is 6.00. The van der Waals surface area contributed by atoms with Crippen molar-refractivity contribution in [2.45, 2.75) is 109 Å². The fourth-order valence-corrected chi connectivity index (χ4v) is 10.2. The summed E-state index contributed by atoms with van der Waals surface area (Å²) in [5.74, 6) is -2.28. The molecule has 9 atom stereocenters. The Morgan fingerprint density at radius 2 is 2.02 bits per heavy atom. The number of aromatic nitrogens is 6. The molecule has 0 spiro atoms. The van der Waals surface area contributed by atoms with Crippen LogP contribution in [0.5, 0.6) is 0 Å². The molecule has 3 aromatic heterocycles. The van der Waals surface area contributed by atoms with Crippen molar-refractivity contribution < 1.29 is 51.0 Å². The highest BCUT2D eigenvalue weighted by Crippen LogP contribution is 2.56. The second kappa shape index (κ2) is 19.1. The molecule has 2 aliphatic rings. The number of rotatable bonds is 18. The molecule has 58 heavy (non-hydrogen) atoms. The van der Waals surface area contributed by atoms with Gasteiger partial charge in [-0.25, -0.2) is 19.3 Å². The molecule has 1 saturated carbocycles. The van der Waals surface area contributed by atoms with Gasteiger partial charge in [0.05, 0.1) is 50.9 Å². The molecular weight excluding hydrogens is 840 g/mol. The van der Waals surface area contributed by atoms with E-state index in [9.17, 15) is 33.8 Å². The lowest BCUT2D eigenvalue weighted by Gasteiger charge is -2.41. The Labute approximate surface area is 340 Å². The van der Waals surface area contributed by atoms with E-state index in [1.54, 1.807) is 13.8 Å². The summed E-state index contributed by atoms with van der Waals surface area (Å²) in [6.45, 7) is 8.58. The van der Waals surface area contributed by atoms with E-state index in [0.29, 0.717) is 0 Å². The fourth-order valence-electron chi connectivity index (χ4n) is 6.19. The van der Waals surface area contributed by atoms with Crippen LogP contribution in [-0.4, -0.2) is 104 Å². The smallest absolute Gasteiger partial charge is 0.327 e. The second-order valence-electron chi connectivity index (χ2n) is 15.7. The zero-order valence-corrected chi connectivity index (χ0v) is 36.8. The first-order chi connectivity index (χ1) is 27.3. The highest BCUT2D eigenvalue weighted by atomic mass is 32.5. The predicted molar refractivity (Wildman–Crippen MR) is 214 cm³/mol. The molecule has 25 heteroatoms. The largest absolute Gasteiger partial charge is 0.408 e. The maximum absolute atomic E-state index is 14.4. The third-order valence-corrected chi connectivity index (χ3v) is 17.6. The number of hydrogen-bond donors (Lipinski definition) is 5. The van der Waals surface area contributed by atoms with Gasteiger partial charge in [0.25, 0.3) is 5.56 Å². The fraction of sp³-hybridized carbons (Fsp3) is 0.667. The first-order valence-electron chi connectivity index (χ1n) is 18.5. The van der Waals surface area contributed by atoms with E-state index in [-0.39, 0.29) is 60.4 Å². The van der Waals surface area contributed by atoms with Crippen LogP contribution in [0.15, 0.2) is 23.6 Å². The van der Waals surface area contributed by atoms with Crippen molar-refractivity contribution in [3.63, 3.8) is 0 Å². The van der Waals surface area contributed by atoms with Crippen LogP contribution in [0.1, 0.15) is 60.1 Å². The zero-order valence-electron chi connectivity index (χ0n) is 33.1. The topological polar surface area (TPSA) is 267 Å². The van der Waals surface area contributed by atoms with Gasteiger partial charge in [0.1, 0.15) is 24.6 Å². The van der Waals surface area contributed by atoms with E-state index in [1.807, 2.05) is 39.9 Å². The summed E-state index contributed by atoms with van der Waals surface area (Å²) in [4.78, 5) is 54.3. The third-order valence-electron chi connectivity index (χ3n) is 10.2. The van der Waals surface area contributed by atoms with Crippen LogP contribution >= 0.6 is 15.0 Å². The van der Waals surface area contributed by atoms with Gasteiger partial charge in [-0.15, -0.1) is 0 Å². The number of halogens is 1. The van der Waals surface area contributed by atoms with Crippen LogP contribution in [0.4, 0.5) is 16.2 Å². The molecule has 1 aliphatic heterocycles. The first-order valence-corrected chi connectivity index (χ1v) is 25.3. The van der Waals surface area contributed by atoms with E-state index in [1.165, 1.54) is 17.2 Å². The molecule has 1 aliphatic carbocycles. The van der Waals surface area contributed by atoms with Crippen LogP contribution in [0.25, 0.3) is 11.2 Å². The van der Waals surface area contributed by atoms with Gasteiger partial charge in [-0.3, -0.25) is 33.5 Å². The second-order valence-corrected chi connectivity index (χ2v) is 24.2. The van der Waals surface area contributed by atoms with Crippen molar-refractivity contribution >= 4 is 63.9 Å². The molecule has 0 aromatic carbocycles. The number of aromatic amines is 1. The number of carbonyl (C=O) groups is 1. The van der Waals surface area contributed by atoms with Crippen molar-refractivity contribution in [3.05, 3.63) is 35.0 Å².